The maximum absolute atomic E-state index is 12.3. The van der Waals surface area contributed by atoms with E-state index in [-0.39, 0.29) is 12.6 Å². The van der Waals surface area contributed by atoms with Crippen LogP contribution < -0.4 is 4.72 Å². The summed E-state index contributed by atoms with van der Waals surface area (Å²) < 4.78 is 27.3. The lowest BCUT2D eigenvalue weighted by atomic mass is 10.3. The minimum Gasteiger partial charge on any atom is -0.391 e. The lowest BCUT2D eigenvalue weighted by Crippen LogP contribution is -2.40. The number of sulfonamides is 1. The van der Waals surface area contributed by atoms with Gasteiger partial charge in [0.25, 0.3) is 0 Å². The Bertz CT molecular complexity index is 548. The molecule has 0 aliphatic carbocycles. The number of nitrogens with one attached hydrogen (secondary N) is 1. The summed E-state index contributed by atoms with van der Waals surface area (Å²) in [5, 5.41) is 9.09. The van der Waals surface area contributed by atoms with Gasteiger partial charge in [0.05, 0.1) is 11.5 Å². The van der Waals surface area contributed by atoms with E-state index in [1.807, 2.05) is 6.92 Å². The van der Waals surface area contributed by atoms with E-state index in [1.54, 1.807) is 13.0 Å². The second-order valence-corrected chi connectivity index (χ2v) is 8.31. The van der Waals surface area contributed by atoms with Crippen LogP contribution in [0.3, 0.4) is 0 Å². The summed E-state index contributed by atoms with van der Waals surface area (Å²) in [6.45, 7) is 6.22. The summed E-state index contributed by atoms with van der Waals surface area (Å²) in [7, 11) is -3.48. The van der Waals surface area contributed by atoms with Gasteiger partial charge in [-0.25, -0.2) is 13.1 Å². The van der Waals surface area contributed by atoms with Gasteiger partial charge in [-0.05, 0) is 45.8 Å². The number of rotatable bonds is 6. The number of hydrogen-bond donors (Lipinski definition) is 2. The van der Waals surface area contributed by atoms with Gasteiger partial charge in [0.15, 0.2) is 0 Å². The van der Waals surface area contributed by atoms with Crippen molar-refractivity contribution in [1.29, 1.82) is 0 Å². The number of nitrogens with zero attached hydrogens (tertiary/aromatic N) is 1. The Balaban J connectivity index is 2.01. The molecule has 2 N–H and O–H groups in total. The lowest BCUT2D eigenvalue weighted by Gasteiger charge is -2.23. The maximum Gasteiger partial charge on any atom is 0.241 e. The van der Waals surface area contributed by atoms with Crippen molar-refractivity contribution in [2.45, 2.75) is 44.2 Å². The van der Waals surface area contributed by atoms with Crippen molar-refractivity contribution in [2.24, 2.45) is 0 Å². The first-order chi connectivity index (χ1) is 9.44. The van der Waals surface area contributed by atoms with Crippen LogP contribution in [0.15, 0.2) is 11.0 Å². The zero-order chi connectivity index (χ0) is 14.8. The Morgan fingerprint density at radius 1 is 1.45 bits per heavy atom. The van der Waals surface area contributed by atoms with Crippen LogP contribution in [0.2, 0.25) is 0 Å². The molecule has 2 rings (SSSR count). The molecule has 1 fully saturated rings. The van der Waals surface area contributed by atoms with Crippen LogP contribution in [0.5, 0.6) is 0 Å². The normalized spacial score (nSPS) is 18.6. The number of aliphatic hydroxyl groups is 1. The third-order valence-electron chi connectivity index (χ3n) is 3.70. The van der Waals surface area contributed by atoms with Crippen molar-refractivity contribution < 1.29 is 13.5 Å². The molecule has 1 unspecified atom stereocenters. The summed E-state index contributed by atoms with van der Waals surface area (Å²) in [6.07, 6.45) is 2.39. The molecule has 1 atom stereocenters. The average Bonchev–Trinajstić information content (AvgIpc) is 3.05. The van der Waals surface area contributed by atoms with Gasteiger partial charge in [-0.3, -0.25) is 4.90 Å². The SMILES string of the molecule is Cc1sc(CO)cc1S(=O)(=O)NCC(C)N1CCCC1. The Morgan fingerprint density at radius 2 is 2.10 bits per heavy atom. The van der Waals surface area contributed by atoms with E-state index in [0.717, 1.165) is 18.0 Å². The summed E-state index contributed by atoms with van der Waals surface area (Å²) in [4.78, 5) is 3.99. The first-order valence-electron chi connectivity index (χ1n) is 6.88. The molecule has 0 aromatic carbocycles. The zero-order valence-electron chi connectivity index (χ0n) is 11.9. The predicted molar refractivity (Wildman–Crippen MR) is 80.4 cm³/mol. The van der Waals surface area contributed by atoms with E-state index in [4.69, 9.17) is 5.11 Å². The fraction of sp³-hybridized carbons (Fsp3) is 0.692. The number of thiophene rings is 1. The third kappa shape index (κ3) is 3.59. The molecule has 7 heteroatoms. The van der Waals surface area contributed by atoms with Crippen LogP contribution in [0.25, 0.3) is 0 Å². The molecule has 2 heterocycles. The summed E-state index contributed by atoms with van der Waals surface area (Å²) in [5.74, 6) is 0. The van der Waals surface area contributed by atoms with Crippen LogP contribution in [-0.2, 0) is 16.6 Å². The molecular weight excluding hydrogens is 296 g/mol. The van der Waals surface area contributed by atoms with Crippen LogP contribution in [0.1, 0.15) is 29.5 Å². The zero-order valence-corrected chi connectivity index (χ0v) is 13.6. The molecule has 1 aromatic heterocycles. The van der Waals surface area contributed by atoms with Gasteiger partial charge in [0.2, 0.25) is 10.0 Å². The monoisotopic (exact) mass is 318 g/mol. The molecule has 0 amide bonds. The number of likely N-dealkylation sites (tertiary alicyclic amines) is 1. The second-order valence-electron chi connectivity index (χ2n) is 5.24. The van der Waals surface area contributed by atoms with Crippen molar-refractivity contribution in [1.82, 2.24) is 9.62 Å². The predicted octanol–water partition coefficient (Wildman–Crippen LogP) is 1.31. The van der Waals surface area contributed by atoms with Gasteiger partial charge in [0, 0.05) is 22.3 Å². The van der Waals surface area contributed by atoms with E-state index < -0.39 is 10.0 Å². The molecule has 0 bridgehead atoms. The van der Waals surface area contributed by atoms with Crippen LogP contribution in [0, 0.1) is 6.92 Å². The van der Waals surface area contributed by atoms with Crippen LogP contribution >= 0.6 is 11.3 Å². The van der Waals surface area contributed by atoms with Crippen molar-refractivity contribution in [2.75, 3.05) is 19.6 Å². The summed E-state index contributed by atoms with van der Waals surface area (Å²) in [6, 6.07) is 1.77. The minimum absolute atomic E-state index is 0.120. The maximum atomic E-state index is 12.3. The van der Waals surface area contributed by atoms with Gasteiger partial charge in [-0.2, -0.15) is 0 Å². The fourth-order valence-corrected chi connectivity index (χ4v) is 5.10. The first kappa shape index (κ1) is 15.9. The second kappa shape index (κ2) is 6.53. The van der Waals surface area contributed by atoms with Gasteiger partial charge in [0.1, 0.15) is 0 Å². The third-order valence-corrected chi connectivity index (χ3v) is 6.42. The Kier molecular flexibility index (Phi) is 5.19. The molecule has 1 saturated heterocycles. The van der Waals surface area contributed by atoms with Crippen LogP contribution in [0.4, 0.5) is 0 Å². The van der Waals surface area contributed by atoms with E-state index in [0.29, 0.717) is 16.3 Å². The molecule has 0 saturated carbocycles. The highest BCUT2D eigenvalue weighted by atomic mass is 32.2. The highest BCUT2D eigenvalue weighted by Gasteiger charge is 2.23. The quantitative estimate of drug-likeness (QED) is 0.830. The largest absolute Gasteiger partial charge is 0.391 e. The van der Waals surface area contributed by atoms with E-state index in [2.05, 4.69) is 9.62 Å². The van der Waals surface area contributed by atoms with E-state index in [1.165, 1.54) is 24.2 Å². The van der Waals surface area contributed by atoms with Crippen molar-refractivity contribution in [3.05, 3.63) is 15.8 Å². The smallest absolute Gasteiger partial charge is 0.241 e. The average molecular weight is 318 g/mol. The standard InChI is InChI=1S/C13H22N2O3S2/c1-10(15-5-3-4-6-15)8-14-20(17,18)13-7-12(9-16)19-11(13)2/h7,10,14,16H,3-6,8-9H2,1-2H3. The Hall–Kier alpha value is -0.470. The van der Waals surface area contributed by atoms with Gasteiger partial charge in [-0.1, -0.05) is 0 Å². The van der Waals surface area contributed by atoms with Gasteiger partial charge < -0.3 is 5.11 Å². The molecule has 0 radical (unpaired) electrons. The number of hydrogen-bond acceptors (Lipinski definition) is 5. The van der Waals surface area contributed by atoms with Gasteiger partial charge >= 0.3 is 0 Å². The summed E-state index contributed by atoms with van der Waals surface area (Å²) in [5.41, 5.74) is 0. The first-order valence-corrected chi connectivity index (χ1v) is 9.18. The van der Waals surface area contributed by atoms with E-state index in [9.17, 15) is 8.42 Å². The van der Waals surface area contributed by atoms with Gasteiger partial charge in [-0.15, -0.1) is 11.3 Å². The molecule has 1 aliphatic rings. The highest BCUT2D eigenvalue weighted by Crippen LogP contribution is 2.25. The number of aryl methyl sites for hydroxylation is 1. The molecular formula is C13H22N2O3S2. The van der Waals surface area contributed by atoms with Crippen molar-refractivity contribution in [3.8, 4) is 0 Å². The molecule has 114 valence electrons. The molecule has 1 aliphatic heterocycles. The topological polar surface area (TPSA) is 69.6 Å². The fourth-order valence-electron chi connectivity index (χ4n) is 2.49. The van der Waals surface area contributed by atoms with Crippen molar-refractivity contribution >= 4 is 21.4 Å². The van der Waals surface area contributed by atoms with E-state index >= 15 is 0 Å². The Morgan fingerprint density at radius 3 is 2.65 bits per heavy atom. The lowest BCUT2D eigenvalue weighted by molar-refractivity contribution is 0.260. The van der Waals surface area contributed by atoms with Crippen molar-refractivity contribution in [3.63, 3.8) is 0 Å². The molecule has 5 nitrogen and oxygen atoms in total. The highest BCUT2D eigenvalue weighted by molar-refractivity contribution is 7.89. The number of aliphatic hydroxyl groups excluding tert-OH is 1. The summed E-state index contributed by atoms with van der Waals surface area (Å²) >= 11 is 1.32. The minimum atomic E-state index is -3.48. The Labute approximate surface area is 124 Å². The molecule has 0 spiro atoms. The molecule has 1 aromatic rings. The van der Waals surface area contributed by atoms with Crippen LogP contribution in [-0.4, -0.2) is 44.1 Å². The molecule has 20 heavy (non-hydrogen) atoms.